The maximum absolute atomic E-state index is 5.85. The largest absolute Gasteiger partial charge is 0.373 e. The minimum atomic E-state index is 0.321. The van der Waals surface area contributed by atoms with Gasteiger partial charge >= 0.3 is 0 Å². The zero-order valence-corrected chi connectivity index (χ0v) is 10.3. The lowest BCUT2D eigenvalue weighted by atomic mass is 9.95. The van der Waals surface area contributed by atoms with Crippen molar-refractivity contribution in [3.63, 3.8) is 0 Å². The van der Waals surface area contributed by atoms with Gasteiger partial charge in [-0.05, 0) is 29.7 Å². The van der Waals surface area contributed by atoms with Crippen molar-refractivity contribution in [2.75, 3.05) is 0 Å². The Morgan fingerprint density at radius 2 is 2.35 bits per heavy atom. The molecular weight excluding hydrogens is 218 g/mol. The molecule has 2 aliphatic rings. The predicted molar refractivity (Wildman–Crippen MR) is 61.3 cm³/mol. The summed E-state index contributed by atoms with van der Waals surface area (Å²) in [6.45, 7) is 4.96. The summed E-state index contributed by atoms with van der Waals surface area (Å²) >= 11 is 0. The van der Waals surface area contributed by atoms with E-state index in [4.69, 9.17) is 4.74 Å². The van der Waals surface area contributed by atoms with Gasteiger partial charge < -0.3 is 10.1 Å². The summed E-state index contributed by atoms with van der Waals surface area (Å²) in [7, 11) is 0. The maximum Gasteiger partial charge on any atom is 0.165 e. The highest BCUT2D eigenvalue weighted by Gasteiger charge is 2.43. The summed E-state index contributed by atoms with van der Waals surface area (Å²) in [4.78, 5) is 0. The minimum absolute atomic E-state index is 0.321. The molecule has 0 amide bonds. The number of tetrazole rings is 1. The van der Waals surface area contributed by atoms with Crippen LogP contribution >= 0.6 is 0 Å². The van der Waals surface area contributed by atoms with E-state index >= 15 is 0 Å². The normalized spacial score (nSPS) is 31.6. The van der Waals surface area contributed by atoms with E-state index < -0.39 is 0 Å². The van der Waals surface area contributed by atoms with Crippen LogP contribution in [-0.4, -0.2) is 38.5 Å². The molecular formula is C11H19N5O. The van der Waals surface area contributed by atoms with Crippen LogP contribution in [0.25, 0.3) is 0 Å². The fourth-order valence-corrected chi connectivity index (χ4v) is 2.75. The summed E-state index contributed by atoms with van der Waals surface area (Å²) in [6.07, 6.45) is 4.15. The second-order valence-corrected chi connectivity index (χ2v) is 5.25. The van der Waals surface area contributed by atoms with Crippen LogP contribution in [0, 0.1) is 0 Å². The highest BCUT2D eigenvalue weighted by atomic mass is 16.5. The highest BCUT2D eigenvalue weighted by molar-refractivity contribution is 4.96. The van der Waals surface area contributed by atoms with Gasteiger partial charge in [-0.2, -0.15) is 0 Å². The Balaban J connectivity index is 1.72. The topological polar surface area (TPSA) is 64.9 Å². The first-order valence-electron chi connectivity index (χ1n) is 6.39. The lowest BCUT2D eigenvalue weighted by Crippen LogP contribution is -2.28. The van der Waals surface area contributed by atoms with E-state index in [2.05, 4.69) is 34.7 Å². The van der Waals surface area contributed by atoms with Crippen molar-refractivity contribution in [3.8, 4) is 0 Å². The average molecular weight is 237 g/mol. The van der Waals surface area contributed by atoms with E-state index in [9.17, 15) is 0 Å². The molecule has 2 bridgehead atoms. The van der Waals surface area contributed by atoms with Crippen molar-refractivity contribution in [3.05, 3.63) is 5.82 Å². The molecule has 2 saturated heterocycles. The van der Waals surface area contributed by atoms with Gasteiger partial charge in [0, 0.05) is 6.04 Å². The number of hydrogen-bond acceptors (Lipinski definition) is 5. The Bertz CT molecular complexity index is 391. The van der Waals surface area contributed by atoms with Crippen LogP contribution in [0.1, 0.15) is 45.0 Å². The summed E-state index contributed by atoms with van der Waals surface area (Å²) in [6, 6.07) is 0.782. The molecule has 17 heavy (non-hydrogen) atoms. The fourth-order valence-electron chi connectivity index (χ4n) is 2.75. The second kappa shape index (κ2) is 4.34. The van der Waals surface area contributed by atoms with E-state index in [1.54, 1.807) is 0 Å². The molecule has 3 heterocycles. The molecule has 6 nitrogen and oxygen atoms in total. The van der Waals surface area contributed by atoms with Crippen LogP contribution in [0.4, 0.5) is 0 Å². The fraction of sp³-hybridized carbons (Fsp3) is 0.909. The third-order valence-electron chi connectivity index (χ3n) is 3.62. The van der Waals surface area contributed by atoms with Crippen molar-refractivity contribution < 1.29 is 4.74 Å². The van der Waals surface area contributed by atoms with Crippen LogP contribution in [0.3, 0.4) is 0 Å². The van der Waals surface area contributed by atoms with Gasteiger partial charge in [0.25, 0.3) is 0 Å². The molecule has 3 atom stereocenters. The monoisotopic (exact) mass is 237 g/mol. The average Bonchev–Trinajstić information content (AvgIpc) is 3.01. The maximum atomic E-state index is 5.85. The van der Waals surface area contributed by atoms with Crippen molar-refractivity contribution in [1.29, 1.82) is 0 Å². The molecule has 0 spiro atoms. The lowest BCUT2D eigenvalue weighted by molar-refractivity contribution is 0.0914. The Morgan fingerprint density at radius 1 is 1.47 bits per heavy atom. The Kier molecular flexibility index (Phi) is 2.84. The number of ether oxygens (including phenoxy) is 1. The minimum Gasteiger partial charge on any atom is -0.373 e. The number of aromatic nitrogens is 4. The van der Waals surface area contributed by atoms with Crippen LogP contribution in [0.2, 0.25) is 0 Å². The molecule has 1 aromatic rings. The molecule has 2 fully saturated rings. The van der Waals surface area contributed by atoms with Crippen molar-refractivity contribution in [2.45, 2.75) is 63.9 Å². The van der Waals surface area contributed by atoms with Gasteiger partial charge in [0.05, 0.1) is 24.8 Å². The quantitative estimate of drug-likeness (QED) is 0.833. The van der Waals surface area contributed by atoms with Crippen molar-refractivity contribution in [2.24, 2.45) is 0 Å². The first kappa shape index (κ1) is 11.1. The van der Waals surface area contributed by atoms with E-state index in [0.717, 1.165) is 25.2 Å². The van der Waals surface area contributed by atoms with Crippen molar-refractivity contribution in [1.82, 2.24) is 25.5 Å². The molecule has 0 radical (unpaired) electrons. The van der Waals surface area contributed by atoms with E-state index in [-0.39, 0.29) is 0 Å². The molecule has 94 valence electrons. The standard InChI is InChI=1S/C11H19N5O/c1-7(2)12-6-11-13-14-15-16(11)9-5-8-3-4-10(9)17-8/h7-10,12H,3-6H2,1-2H3. The van der Waals surface area contributed by atoms with Crippen LogP contribution in [0.15, 0.2) is 0 Å². The van der Waals surface area contributed by atoms with Gasteiger partial charge in [-0.1, -0.05) is 13.8 Å². The predicted octanol–water partition coefficient (Wildman–Crippen LogP) is 0.663. The first-order valence-corrected chi connectivity index (χ1v) is 6.39. The first-order chi connectivity index (χ1) is 8.24. The third-order valence-corrected chi connectivity index (χ3v) is 3.62. The zero-order chi connectivity index (χ0) is 11.8. The number of fused-ring (bicyclic) bond motifs is 2. The Labute approximate surface area is 101 Å². The number of hydrogen-bond donors (Lipinski definition) is 1. The van der Waals surface area contributed by atoms with Gasteiger partial charge in [-0.15, -0.1) is 5.10 Å². The Morgan fingerprint density at radius 3 is 3.00 bits per heavy atom. The van der Waals surface area contributed by atoms with E-state index in [1.165, 1.54) is 6.42 Å². The molecule has 0 aliphatic carbocycles. The number of nitrogens with one attached hydrogen (secondary N) is 1. The van der Waals surface area contributed by atoms with Crippen LogP contribution in [-0.2, 0) is 11.3 Å². The third kappa shape index (κ3) is 2.07. The van der Waals surface area contributed by atoms with Crippen LogP contribution in [0.5, 0.6) is 0 Å². The van der Waals surface area contributed by atoms with Gasteiger partial charge in [-0.25, -0.2) is 4.68 Å². The van der Waals surface area contributed by atoms with Gasteiger partial charge in [0.1, 0.15) is 0 Å². The second-order valence-electron chi connectivity index (χ2n) is 5.25. The molecule has 1 aromatic heterocycles. The zero-order valence-electron chi connectivity index (χ0n) is 10.3. The highest BCUT2D eigenvalue weighted by Crippen LogP contribution is 2.41. The smallest absolute Gasteiger partial charge is 0.165 e. The SMILES string of the molecule is CC(C)NCc1nnnn1C1CC2CCC1O2. The molecule has 0 aromatic carbocycles. The number of rotatable bonds is 4. The van der Waals surface area contributed by atoms with Gasteiger partial charge in [0.15, 0.2) is 5.82 Å². The van der Waals surface area contributed by atoms with E-state index in [0.29, 0.717) is 24.3 Å². The Hall–Kier alpha value is -1.01. The lowest BCUT2D eigenvalue weighted by Gasteiger charge is -2.19. The van der Waals surface area contributed by atoms with Gasteiger partial charge in [-0.3, -0.25) is 0 Å². The summed E-state index contributed by atoms with van der Waals surface area (Å²) < 4.78 is 7.81. The summed E-state index contributed by atoms with van der Waals surface area (Å²) in [5.74, 6) is 0.917. The molecule has 3 rings (SSSR count). The summed E-state index contributed by atoms with van der Waals surface area (Å²) in [5.41, 5.74) is 0. The van der Waals surface area contributed by atoms with Gasteiger partial charge in [0.2, 0.25) is 0 Å². The van der Waals surface area contributed by atoms with Crippen LogP contribution < -0.4 is 5.32 Å². The van der Waals surface area contributed by atoms with E-state index in [1.807, 2.05) is 4.68 Å². The van der Waals surface area contributed by atoms with Crippen molar-refractivity contribution >= 4 is 0 Å². The molecule has 3 unspecified atom stereocenters. The molecule has 2 aliphatic heterocycles. The molecule has 6 heteroatoms. The molecule has 0 saturated carbocycles. The number of nitrogens with zero attached hydrogens (tertiary/aromatic N) is 4. The summed E-state index contributed by atoms with van der Waals surface area (Å²) in [5, 5.41) is 15.4. The molecule has 1 N–H and O–H groups in total.